The summed E-state index contributed by atoms with van der Waals surface area (Å²) < 4.78 is 5.31. The molecule has 0 aliphatic heterocycles. The van der Waals surface area contributed by atoms with Gasteiger partial charge in [-0.25, -0.2) is 9.97 Å². The molecule has 5 nitrogen and oxygen atoms in total. The average Bonchev–Trinajstić information content (AvgIpc) is 2.50. The highest BCUT2D eigenvalue weighted by Gasteiger charge is 2.24. The van der Waals surface area contributed by atoms with E-state index in [0.29, 0.717) is 36.0 Å². The molecule has 0 saturated heterocycles. The topological polar surface area (TPSA) is 67.3 Å². The molecule has 6 heteroatoms. The lowest BCUT2D eigenvalue weighted by Gasteiger charge is -2.30. The van der Waals surface area contributed by atoms with Crippen LogP contribution in [0.3, 0.4) is 0 Å². The van der Waals surface area contributed by atoms with Crippen molar-refractivity contribution in [3.8, 4) is 0 Å². The normalized spacial score (nSPS) is 22.2. The largest absolute Gasteiger partial charge is 0.396 e. The molecule has 1 aromatic rings. The standard InChI is InChI=1S/C15H24ClN3O2/c1-2-21-10-15-18-13(16)7-14(19-15)17-8-11-5-3-4-6-12(11)9-20/h7,11-12,20H,2-6,8-10H2,1H3,(H,17,18,19). The Morgan fingerprint density at radius 3 is 2.81 bits per heavy atom. The molecule has 1 heterocycles. The molecule has 2 N–H and O–H groups in total. The van der Waals surface area contributed by atoms with E-state index in [1.54, 1.807) is 6.07 Å². The van der Waals surface area contributed by atoms with Gasteiger partial charge in [0.2, 0.25) is 0 Å². The molecule has 21 heavy (non-hydrogen) atoms. The van der Waals surface area contributed by atoms with Crippen molar-refractivity contribution >= 4 is 17.4 Å². The highest BCUT2D eigenvalue weighted by molar-refractivity contribution is 6.29. The zero-order valence-electron chi connectivity index (χ0n) is 12.5. The van der Waals surface area contributed by atoms with Crippen LogP contribution in [0.5, 0.6) is 0 Å². The summed E-state index contributed by atoms with van der Waals surface area (Å²) >= 11 is 6.02. The number of aliphatic hydroxyl groups excluding tert-OH is 1. The molecule has 1 fully saturated rings. The molecule has 2 unspecified atom stereocenters. The lowest BCUT2D eigenvalue weighted by molar-refractivity contribution is 0.128. The minimum Gasteiger partial charge on any atom is -0.396 e. The van der Waals surface area contributed by atoms with Gasteiger partial charge in [0.25, 0.3) is 0 Å². The van der Waals surface area contributed by atoms with Gasteiger partial charge in [0.15, 0.2) is 5.82 Å². The first-order valence-electron chi connectivity index (χ1n) is 7.68. The zero-order chi connectivity index (χ0) is 15.1. The van der Waals surface area contributed by atoms with Crippen LogP contribution in [0.1, 0.15) is 38.4 Å². The Kier molecular flexibility index (Phi) is 6.67. The van der Waals surface area contributed by atoms with Crippen LogP contribution < -0.4 is 5.32 Å². The highest BCUT2D eigenvalue weighted by Crippen LogP contribution is 2.29. The number of hydrogen-bond donors (Lipinski definition) is 2. The number of rotatable bonds is 7. The van der Waals surface area contributed by atoms with Gasteiger partial charge in [-0.05, 0) is 31.6 Å². The number of hydrogen-bond acceptors (Lipinski definition) is 5. The van der Waals surface area contributed by atoms with Crippen LogP contribution >= 0.6 is 11.6 Å². The number of nitrogens with zero attached hydrogens (tertiary/aromatic N) is 2. The lowest BCUT2D eigenvalue weighted by atomic mass is 9.79. The molecule has 2 rings (SSSR count). The second-order valence-corrected chi connectivity index (χ2v) is 5.88. The fourth-order valence-corrected chi connectivity index (χ4v) is 3.04. The predicted molar refractivity (Wildman–Crippen MR) is 83.4 cm³/mol. The molecule has 2 atom stereocenters. The van der Waals surface area contributed by atoms with E-state index in [9.17, 15) is 5.11 Å². The minimum absolute atomic E-state index is 0.270. The monoisotopic (exact) mass is 313 g/mol. The van der Waals surface area contributed by atoms with Gasteiger partial charge in [-0.1, -0.05) is 24.4 Å². The number of ether oxygens (including phenoxy) is 1. The van der Waals surface area contributed by atoms with E-state index in [-0.39, 0.29) is 6.61 Å². The van der Waals surface area contributed by atoms with Crippen molar-refractivity contribution in [3.05, 3.63) is 17.0 Å². The first-order chi connectivity index (χ1) is 10.2. The number of anilines is 1. The van der Waals surface area contributed by atoms with Crippen molar-refractivity contribution in [2.45, 2.75) is 39.2 Å². The maximum atomic E-state index is 9.45. The summed E-state index contributed by atoms with van der Waals surface area (Å²) in [5.41, 5.74) is 0. The quantitative estimate of drug-likeness (QED) is 0.758. The molecule has 0 aromatic carbocycles. The number of halogens is 1. The van der Waals surface area contributed by atoms with Crippen molar-refractivity contribution < 1.29 is 9.84 Å². The molecule has 1 aliphatic rings. The Bertz CT molecular complexity index is 445. The van der Waals surface area contributed by atoms with E-state index in [4.69, 9.17) is 16.3 Å². The van der Waals surface area contributed by atoms with E-state index in [1.165, 1.54) is 12.8 Å². The van der Waals surface area contributed by atoms with Gasteiger partial charge in [-0.3, -0.25) is 0 Å². The van der Waals surface area contributed by atoms with Crippen LogP contribution in [0.2, 0.25) is 5.15 Å². The maximum absolute atomic E-state index is 9.45. The Morgan fingerprint density at radius 1 is 1.33 bits per heavy atom. The fraction of sp³-hybridized carbons (Fsp3) is 0.733. The van der Waals surface area contributed by atoms with E-state index >= 15 is 0 Å². The smallest absolute Gasteiger partial charge is 0.158 e. The molecular formula is C15H24ClN3O2. The Morgan fingerprint density at radius 2 is 2.10 bits per heavy atom. The van der Waals surface area contributed by atoms with Crippen molar-refractivity contribution in [3.63, 3.8) is 0 Å². The fourth-order valence-electron chi connectivity index (χ4n) is 2.84. The van der Waals surface area contributed by atoms with Gasteiger partial charge in [0.1, 0.15) is 17.6 Å². The van der Waals surface area contributed by atoms with E-state index in [0.717, 1.165) is 25.2 Å². The molecule has 0 amide bonds. The molecule has 0 radical (unpaired) electrons. The lowest BCUT2D eigenvalue weighted by Crippen LogP contribution is -2.28. The summed E-state index contributed by atoms with van der Waals surface area (Å²) in [5, 5.41) is 13.2. The first-order valence-corrected chi connectivity index (χ1v) is 8.06. The summed E-state index contributed by atoms with van der Waals surface area (Å²) in [5.74, 6) is 2.21. The predicted octanol–water partition coefficient (Wildman–Crippen LogP) is 2.88. The first kappa shape index (κ1) is 16.5. The number of aromatic nitrogens is 2. The van der Waals surface area contributed by atoms with Gasteiger partial charge in [-0.2, -0.15) is 0 Å². The second kappa shape index (κ2) is 8.51. The molecule has 1 aliphatic carbocycles. The Balaban J connectivity index is 1.93. The Labute approximate surface area is 131 Å². The molecule has 1 aromatic heterocycles. The highest BCUT2D eigenvalue weighted by atomic mass is 35.5. The third-order valence-electron chi connectivity index (χ3n) is 4.02. The third kappa shape index (κ3) is 5.09. The Hall–Kier alpha value is -0.910. The van der Waals surface area contributed by atoms with Crippen molar-refractivity contribution in [2.75, 3.05) is 25.1 Å². The summed E-state index contributed by atoms with van der Waals surface area (Å²) in [6.45, 7) is 4.01. The summed E-state index contributed by atoms with van der Waals surface area (Å²) in [6.07, 6.45) is 4.73. The number of nitrogens with one attached hydrogen (secondary N) is 1. The second-order valence-electron chi connectivity index (χ2n) is 5.50. The third-order valence-corrected chi connectivity index (χ3v) is 4.22. The van der Waals surface area contributed by atoms with Gasteiger partial charge < -0.3 is 15.2 Å². The van der Waals surface area contributed by atoms with Crippen molar-refractivity contribution in [1.29, 1.82) is 0 Å². The van der Waals surface area contributed by atoms with Crippen LogP contribution in [-0.4, -0.2) is 34.8 Å². The van der Waals surface area contributed by atoms with Crippen LogP contribution in [0.4, 0.5) is 5.82 Å². The SMILES string of the molecule is CCOCc1nc(Cl)cc(NCC2CCCCC2CO)n1. The number of aliphatic hydroxyl groups is 1. The molecule has 0 bridgehead atoms. The van der Waals surface area contributed by atoms with E-state index in [2.05, 4.69) is 15.3 Å². The van der Waals surface area contributed by atoms with Crippen LogP contribution in [0.25, 0.3) is 0 Å². The van der Waals surface area contributed by atoms with Crippen LogP contribution in [0, 0.1) is 11.8 Å². The van der Waals surface area contributed by atoms with E-state index in [1.807, 2.05) is 6.92 Å². The van der Waals surface area contributed by atoms with Crippen LogP contribution in [0.15, 0.2) is 6.07 Å². The minimum atomic E-state index is 0.270. The molecule has 118 valence electrons. The van der Waals surface area contributed by atoms with Crippen molar-refractivity contribution in [1.82, 2.24) is 9.97 Å². The molecule has 1 saturated carbocycles. The summed E-state index contributed by atoms with van der Waals surface area (Å²) in [6, 6.07) is 1.73. The molecule has 0 spiro atoms. The van der Waals surface area contributed by atoms with Crippen molar-refractivity contribution in [2.24, 2.45) is 11.8 Å². The molecular weight excluding hydrogens is 290 g/mol. The average molecular weight is 314 g/mol. The van der Waals surface area contributed by atoms with Gasteiger partial charge in [-0.15, -0.1) is 0 Å². The van der Waals surface area contributed by atoms with Gasteiger partial charge in [0, 0.05) is 25.8 Å². The van der Waals surface area contributed by atoms with Gasteiger partial charge in [0.05, 0.1) is 0 Å². The van der Waals surface area contributed by atoms with Gasteiger partial charge >= 0.3 is 0 Å². The maximum Gasteiger partial charge on any atom is 0.158 e. The summed E-state index contributed by atoms with van der Waals surface area (Å²) in [4.78, 5) is 8.56. The summed E-state index contributed by atoms with van der Waals surface area (Å²) in [7, 11) is 0. The zero-order valence-corrected chi connectivity index (χ0v) is 13.3. The van der Waals surface area contributed by atoms with Crippen LogP contribution in [-0.2, 0) is 11.3 Å². The van der Waals surface area contributed by atoms with E-state index < -0.39 is 0 Å².